The maximum Gasteiger partial charge on any atom is 0.135 e. The fraction of sp³-hybridized carbons (Fsp3) is 0.750. The van der Waals surface area contributed by atoms with Gasteiger partial charge in [-0.15, -0.1) is 10.2 Å². The van der Waals surface area contributed by atoms with E-state index in [1.807, 2.05) is 0 Å². The monoisotopic (exact) mass is 168 g/mol. The Kier molecular flexibility index (Phi) is 3.22. The highest BCUT2D eigenvalue weighted by Gasteiger charge is 2.10. The predicted octanol–water partition coefficient (Wildman–Crippen LogP) is 0.750. The third-order valence-electron chi connectivity index (χ3n) is 2.03. The molecule has 4 nitrogen and oxygen atoms in total. The van der Waals surface area contributed by atoms with E-state index in [-0.39, 0.29) is 0 Å². The molecule has 1 unspecified atom stereocenters. The summed E-state index contributed by atoms with van der Waals surface area (Å²) in [6, 6.07) is 0. The molecule has 0 radical (unpaired) electrons. The lowest BCUT2D eigenvalue weighted by Crippen LogP contribution is -2.10. The minimum Gasteiger partial charge on any atom is -0.330 e. The highest BCUT2D eigenvalue weighted by Crippen LogP contribution is 2.14. The summed E-state index contributed by atoms with van der Waals surface area (Å²) in [5.41, 5.74) is 5.47. The Morgan fingerprint density at radius 1 is 1.67 bits per heavy atom. The SMILES string of the molecule is CCn1cnnc1C(C)CCN. The van der Waals surface area contributed by atoms with Crippen LogP contribution in [0.5, 0.6) is 0 Å². The van der Waals surface area contributed by atoms with Crippen LogP contribution >= 0.6 is 0 Å². The number of nitrogens with two attached hydrogens (primary N) is 1. The van der Waals surface area contributed by atoms with Crippen molar-refractivity contribution in [3.63, 3.8) is 0 Å². The second-order valence-electron chi connectivity index (χ2n) is 2.95. The zero-order valence-corrected chi connectivity index (χ0v) is 7.70. The summed E-state index contributed by atoms with van der Waals surface area (Å²) in [4.78, 5) is 0. The van der Waals surface area contributed by atoms with Gasteiger partial charge in [0, 0.05) is 12.5 Å². The molecule has 0 saturated heterocycles. The topological polar surface area (TPSA) is 56.7 Å². The van der Waals surface area contributed by atoms with Crippen molar-refractivity contribution in [1.82, 2.24) is 14.8 Å². The average Bonchev–Trinajstić information content (AvgIpc) is 2.51. The van der Waals surface area contributed by atoms with E-state index in [1.165, 1.54) is 0 Å². The van der Waals surface area contributed by atoms with Gasteiger partial charge in [-0.1, -0.05) is 6.92 Å². The molecule has 12 heavy (non-hydrogen) atoms. The van der Waals surface area contributed by atoms with E-state index in [9.17, 15) is 0 Å². The summed E-state index contributed by atoms with van der Waals surface area (Å²) in [6.45, 7) is 5.85. The molecular weight excluding hydrogens is 152 g/mol. The van der Waals surface area contributed by atoms with Crippen molar-refractivity contribution in [2.75, 3.05) is 6.54 Å². The largest absolute Gasteiger partial charge is 0.330 e. The third kappa shape index (κ3) is 1.82. The fourth-order valence-electron chi connectivity index (χ4n) is 1.27. The summed E-state index contributed by atoms with van der Waals surface area (Å²) in [5, 5.41) is 7.93. The van der Waals surface area contributed by atoms with Crippen molar-refractivity contribution in [3.05, 3.63) is 12.2 Å². The van der Waals surface area contributed by atoms with Crippen molar-refractivity contribution in [3.8, 4) is 0 Å². The van der Waals surface area contributed by atoms with Gasteiger partial charge in [0.05, 0.1) is 0 Å². The van der Waals surface area contributed by atoms with Gasteiger partial charge in [0.15, 0.2) is 0 Å². The molecule has 0 aliphatic carbocycles. The molecule has 1 aromatic heterocycles. The zero-order valence-electron chi connectivity index (χ0n) is 7.70. The van der Waals surface area contributed by atoms with Gasteiger partial charge < -0.3 is 10.3 Å². The van der Waals surface area contributed by atoms with E-state index in [0.717, 1.165) is 18.8 Å². The van der Waals surface area contributed by atoms with E-state index in [2.05, 4.69) is 28.6 Å². The van der Waals surface area contributed by atoms with Crippen LogP contribution in [-0.2, 0) is 6.54 Å². The van der Waals surface area contributed by atoms with E-state index in [4.69, 9.17) is 5.73 Å². The molecule has 1 rings (SSSR count). The van der Waals surface area contributed by atoms with Gasteiger partial charge in [-0.05, 0) is 19.9 Å². The first-order valence-electron chi connectivity index (χ1n) is 4.37. The van der Waals surface area contributed by atoms with Crippen LogP contribution in [0.4, 0.5) is 0 Å². The first kappa shape index (κ1) is 9.19. The van der Waals surface area contributed by atoms with Crippen molar-refractivity contribution in [2.24, 2.45) is 5.73 Å². The van der Waals surface area contributed by atoms with E-state index >= 15 is 0 Å². The number of nitrogens with zero attached hydrogens (tertiary/aromatic N) is 3. The number of hydrogen-bond acceptors (Lipinski definition) is 3. The van der Waals surface area contributed by atoms with Gasteiger partial charge in [-0.3, -0.25) is 0 Å². The van der Waals surface area contributed by atoms with Gasteiger partial charge in [0.2, 0.25) is 0 Å². The predicted molar refractivity (Wildman–Crippen MR) is 47.8 cm³/mol. The van der Waals surface area contributed by atoms with Gasteiger partial charge in [0.1, 0.15) is 12.2 Å². The van der Waals surface area contributed by atoms with Crippen LogP contribution in [-0.4, -0.2) is 21.3 Å². The Morgan fingerprint density at radius 2 is 2.42 bits per heavy atom. The molecule has 0 saturated carbocycles. The van der Waals surface area contributed by atoms with Crippen molar-refractivity contribution < 1.29 is 0 Å². The standard InChI is InChI=1S/C8H16N4/c1-3-12-6-10-11-8(12)7(2)4-5-9/h6-7H,3-5,9H2,1-2H3. The Morgan fingerprint density at radius 3 is 3.00 bits per heavy atom. The number of aryl methyl sites for hydroxylation is 1. The maximum atomic E-state index is 5.47. The Labute approximate surface area is 72.8 Å². The Balaban J connectivity index is 2.71. The number of aromatic nitrogens is 3. The lowest BCUT2D eigenvalue weighted by molar-refractivity contribution is 0.590. The molecule has 0 aliphatic rings. The van der Waals surface area contributed by atoms with Crippen LogP contribution in [0.15, 0.2) is 6.33 Å². The minimum atomic E-state index is 0.414. The molecule has 0 fully saturated rings. The summed E-state index contributed by atoms with van der Waals surface area (Å²) in [5.74, 6) is 1.46. The molecule has 0 aliphatic heterocycles. The number of hydrogen-bond donors (Lipinski definition) is 1. The quantitative estimate of drug-likeness (QED) is 0.721. The molecule has 0 bridgehead atoms. The zero-order chi connectivity index (χ0) is 8.97. The lowest BCUT2D eigenvalue weighted by atomic mass is 10.1. The van der Waals surface area contributed by atoms with E-state index < -0.39 is 0 Å². The van der Waals surface area contributed by atoms with Gasteiger partial charge in [0.25, 0.3) is 0 Å². The molecule has 1 atom stereocenters. The number of rotatable bonds is 4. The normalized spacial score (nSPS) is 13.2. The summed E-state index contributed by atoms with van der Waals surface area (Å²) in [6.07, 6.45) is 2.74. The van der Waals surface area contributed by atoms with Crippen LogP contribution in [0.1, 0.15) is 32.0 Å². The molecule has 2 N–H and O–H groups in total. The average molecular weight is 168 g/mol. The van der Waals surface area contributed by atoms with Gasteiger partial charge in [-0.25, -0.2) is 0 Å². The second-order valence-corrected chi connectivity index (χ2v) is 2.95. The fourth-order valence-corrected chi connectivity index (χ4v) is 1.27. The highest BCUT2D eigenvalue weighted by molar-refractivity contribution is 4.94. The summed E-state index contributed by atoms with van der Waals surface area (Å²) in [7, 11) is 0. The first-order valence-corrected chi connectivity index (χ1v) is 4.37. The van der Waals surface area contributed by atoms with Crippen molar-refractivity contribution in [1.29, 1.82) is 0 Å². The molecule has 0 amide bonds. The maximum absolute atomic E-state index is 5.47. The Bertz CT molecular complexity index is 231. The van der Waals surface area contributed by atoms with Crippen LogP contribution < -0.4 is 5.73 Å². The van der Waals surface area contributed by atoms with Crippen LogP contribution in [0.2, 0.25) is 0 Å². The molecule has 1 aromatic rings. The lowest BCUT2D eigenvalue weighted by Gasteiger charge is -2.09. The third-order valence-corrected chi connectivity index (χ3v) is 2.03. The Hall–Kier alpha value is -0.900. The minimum absolute atomic E-state index is 0.414. The smallest absolute Gasteiger partial charge is 0.135 e. The highest BCUT2D eigenvalue weighted by atomic mass is 15.3. The summed E-state index contributed by atoms with van der Waals surface area (Å²) >= 11 is 0. The molecule has 1 heterocycles. The van der Waals surface area contributed by atoms with Crippen LogP contribution in [0.25, 0.3) is 0 Å². The molecule has 68 valence electrons. The molecule has 0 aromatic carbocycles. The summed E-state index contributed by atoms with van der Waals surface area (Å²) < 4.78 is 2.06. The van der Waals surface area contributed by atoms with Crippen LogP contribution in [0.3, 0.4) is 0 Å². The molecular formula is C8H16N4. The first-order chi connectivity index (χ1) is 5.79. The molecule has 0 spiro atoms. The van der Waals surface area contributed by atoms with E-state index in [0.29, 0.717) is 12.5 Å². The van der Waals surface area contributed by atoms with Crippen LogP contribution in [0, 0.1) is 0 Å². The van der Waals surface area contributed by atoms with E-state index in [1.54, 1.807) is 6.33 Å². The van der Waals surface area contributed by atoms with Gasteiger partial charge >= 0.3 is 0 Å². The van der Waals surface area contributed by atoms with Crippen molar-refractivity contribution in [2.45, 2.75) is 32.7 Å². The second kappa shape index (κ2) is 4.21. The molecule has 4 heteroatoms. The van der Waals surface area contributed by atoms with Gasteiger partial charge in [-0.2, -0.15) is 0 Å². The van der Waals surface area contributed by atoms with Crippen molar-refractivity contribution >= 4 is 0 Å².